The number of hydrogen-bond acceptors (Lipinski definition) is 6. The molecular weight excluding hydrogens is 336 g/mol. The second kappa shape index (κ2) is 8.12. The van der Waals surface area contributed by atoms with E-state index in [2.05, 4.69) is 5.32 Å². The lowest BCUT2D eigenvalue weighted by molar-refractivity contribution is 0.102. The Balaban J connectivity index is 2.65. The molecule has 1 atom stereocenters. The summed E-state index contributed by atoms with van der Waals surface area (Å²) >= 11 is 0. The van der Waals surface area contributed by atoms with E-state index in [1.54, 1.807) is 32.2 Å². The van der Waals surface area contributed by atoms with Gasteiger partial charge in [0, 0.05) is 23.9 Å². The van der Waals surface area contributed by atoms with Gasteiger partial charge in [0.1, 0.15) is 0 Å². The van der Waals surface area contributed by atoms with Crippen molar-refractivity contribution >= 4 is 17.6 Å². The molecule has 1 heterocycles. The van der Waals surface area contributed by atoms with Gasteiger partial charge in [-0.3, -0.25) is 9.69 Å². The van der Waals surface area contributed by atoms with Crippen molar-refractivity contribution in [3.8, 4) is 11.5 Å². The number of benzene rings is 1. The molecule has 7 nitrogen and oxygen atoms in total. The van der Waals surface area contributed by atoms with Crippen LogP contribution in [0.3, 0.4) is 0 Å². The molecule has 0 spiro atoms. The highest BCUT2D eigenvalue weighted by Gasteiger charge is 2.38. The first kappa shape index (κ1) is 19.6. The second-order valence-corrected chi connectivity index (χ2v) is 6.22. The number of ketones is 1. The maximum atomic E-state index is 13.1. The molecule has 1 aromatic carbocycles. The van der Waals surface area contributed by atoms with Crippen molar-refractivity contribution in [2.45, 2.75) is 39.8 Å². The van der Waals surface area contributed by atoms with Crippen LogP contribution in [0.4, 0.5) is 10.5 Å². The predicted octanol–water partition coefficient (Wildman–Crippen LogP) is 3.13. The zero-order valence-electron chi connectivity index (χ0n) is 16.1. The molecule has 0 aromatic heterocycles. The van der Waals surface area contributed by atoms with Gasteiger partial charge in [-0.1, -0.05) is 0 Å². The lowest BCUT2D eigenvalue weighted by atomic mass is 9.90. The van der Waals surface area contributed by atoms with E-state index in [1.165, 1.54) is 19.1 Å². The van der Waals surface area contributed by atoms with Crippen molar-refractivity contribution in [2.75, 3.05) is 25.7 Å². The number of nitrogens with zero attached hydrogens (tertiary/aromatic N) is 1. The number of carbonyl (C=O) groups excluding carboxylic acids is 2. The standard InChI is InChI=1S/C19H26N2O5/c1-7-26-19(23)21-12(4)14(10-20-11(2)3)18(22)13-8-16(24-5)17(25-6)9-15(13)21/h8-12,20H,7H2,1-6H3. The van der Waals surface area contributed by atoms with Gasteiger partial charge in [0.25, 0.3) is 0 Å². The Morgan fingerprint density at radius 3 is 2.42 bits per heavy atom. The van der Waals surface area contributed by atoms with E-state index in [9.17, 15) is 9.59 Å². The average molecular weight is 362 g/mol. The Morgan fingerprint density at radius 2 is 1.88 bits per heavy atom. The number of fused-ring (bicyclic) bond motifs is 1. The molecule has 1 aliphatic heterocycles. The molecule has 0 saturated carbocycles. The smallest absolute Gasteiger partial charge is 0.414 e. The van der Waals surface area contributed by atoms with E-state index in [1.807, 2.05) is 13.8 Å². The third-order valence-corrected chi connectivity index (χ3v) is 4.14. The Kier molecular flexibility index (Phi) is 6.13. The molecule has 2 rings (SSSR count). The number of Topliss-reactive ketones (excluding diaryl/α,β-unsaturated/α-hetero) is 1. The van der Waals surface area contributed by atoms with E-state index in [-0.39, 0.29) is 18.4 Å². The predicted molar refractivity (Wildman–Crippen MR) is 99.2 cm³/mol. The molecular formula is C19H26N2O5. The average Bonchev–Trinajstić information content (AvgIpc) is 2.60. The number of anilines is 1. The Bertz CT molecular complexity index is 727. The molecule has 0 bridgehead atoms. The fourth-order valence-corrected chi connectivity index (χ4v) is 2.83. The molecule has 1 aliphatic rings. The molecule has 1 amide bonds. The largest absolute Gasteiger partial charge is 0.493 e. The number of amides is 1. The zero-order valence-corrected chi connectivity index (χ0v) is 16.1. The van der Waals surface area contributed by atoms with Crippen LogP contribution in [0.25, 0.3) is 0 Å². The highest BCUT2D eigenvalue weighted by molar-refractivity contribution is 6.18. The summed E-state index contributed by atoms with van der Waals surface area (Å²) in [6.07, 6.45) is 1.15. The molecule has 0 aliphatic carbocycles. The summed E-state index contributed by atoms with van der Waals surface area (Å²) in [5.74, 6) is 0.699. The monoisotopic (exact) mass is 362 g/mol. The lowest BCUT2D eigenvalue weighted by Crippen LogP contribution is -2.46. The minimum Gasteiger partial charge on any atom is -0.493 e. The highest BCUT2D eigenvalue weighted by atomic mass is 16.6. The molecule has 0 radical (unpaired) electrons. The van der Waals surface area contributed by atoms with Crippen LogP contribution in [-0.2, 0) is 4.74 Å². The van der Waals surface area contributed by atoms with Crippen LogP contribution < -0.4 is 19.7 Å². The Hall–Kier alpha value is -2.70. The van der Waals surface area contributed by atoms with E-state index in [0.717, 1.165) is 0 Å². The zero-order chi connectivity index (χ0) is 19.4. The number of methoxy groups -OCH3 is 2. The maximum Gasteiger partial charge on any atom is 0.414 e. The number of rotatable bonds is 5. The van der Waals surface area contributed by atoms with Gasteiger partial charge in [0.2, 0.25) is 0 Å². The van der Waals surface area contributed by atoms with Crippen molar-refractivity contribution < 1.29 is 23.8 Å². The lowest BCUT2D eigenvalue weighted by Gasteiger charge is -2.35. The van der Waals surface area contributed by atoms with Crippen molar-refractivity contribution in [1.29, 1.82) is 0 Å². The van der Waals surface area contributed by atoms with Crippen molar-refractivity contribution in [1.82, 2.24) is 5.32 Å². The van der Waals surface area contributed by atoms with E-state index < -0.39 is 12.1 Å². The van der Waals surface area contributed by atoms with Crippen LogP contribution in [0.15, 0.2) is 23.9 Å². The van der Waals surface area contributed by atoms with E-state index >= 15 is 0 Å². The summed E-state index contributed by atoms with van der Waals surface area (Å²) in [7, 11) is 3.01. The van der Waals surface area contributed by atoms with Crippen LogP contribution in [0.2, 0.25) is 0 Å². The molecule has 0 saturated heterocycles. The quantitative estimate of drug-likeness (QED) is 0.811. The van der Waals surface area contributed by atoms with Crippen LogP contribution >= 0.6 is 0 Å². The minimum absolute atomic E-state index is 0.158. The first-order chi connectivity index (χ1) is 12.3. The van der Waals surface area contributed by atoms with E-state index in [0.29, 0.717) is 28.3 Å². The normalized spacial score (nSPS) is 18.0. The summed E-state index contributed by atoms with van der Waals surface area (Å²) < 4.78 is 15.8. The SMILES string of the molecule is CCOC(=O)N1c2cc(OC)c(OC)cc2C(=O)C(=CNC(C)C)C1C. The van der Waals surface area contributed by atoms with Gasteiger partial charge >= 0.3 is 6.09 Å². The number of carbonyl (C=O) groups is 2. The minimum atomic E-state index is -0.517. The third-order valence-electron chi connectivity index (χ3n) is 4.14. The number of nitrogens with one attached hydrogen (secondary N) is 1. The highest BCUT2D eigenvalue weighted by Crippen LogP contribution is 2.41. The topological polar surface area (TPSA) is 77.1 Å². The Morgan fingerprint density at radius 1 is 1.27 bits per heavy atom. The van der Waals surface area contributed by atoms with Gasteiger partial charge in [-0.25, -0.2) is 4.79 Å². The van der Waals surface area contributed by atoms with Gasteiger partial charge in [-0.05, 0) is 33.8 Å². The molecule has 1 N–H and O–H groups in total. The fourth-order valence-electron chi connectivity index (χ4n) is 2.83. The molecule has 0 fully saturated rings. The summed E-state index contributed by atoms with van der Waals surface area (Å²) in [5.41, 5.74) is 1.29. The summed E-state index contributed by atoms with van der Waals surface area (Å²) in [6.45, 7) is 7.72. The summed E-state index contributed by atoms with van der Waals surface area (Å²) in [5, 5.41) is 3.13. The third kappa shape index (κ3) is 3.61. The van der Waals surface area contributed by atoms with Crippen molar-refractivity contribution in [3.63, 3.8) is 0 Å². The van der Waals surface area contributed by atoms with Gasteiger partial charge < -0.3 is 19.5 Å². The Labute approximate surface area is 153 Å². The molecule has 142 valence electrons. The molecule has 1 unspecified atom stereocenters. The molecule has 1 aromatic rings. The maximum absolute atomic E-state index is 13.1. The van der Waals surface area contributed by atoms with Gasteiger partial charge in [-0.2, -0.15) is 0 Å². The van der Waals surface area contributed by atoms with Crippen LogP contribution in [-0.4, -0.2) is 44.8 Å². The summed E-state index contributed by atoms with van der Waals surface area (Å²) in [6, 6.07) is 2.90. The molecule has 26 heavy (non-hydrogen) atoms. The first-order valence-corrected chi connectivity index (χ1v) is 8.58. The van der Waals surface area contributed by atoms with Crippen LogP contribution in [0, 0.1) is 0 Å². The number of hydrogen-bond donors (Lipinski definition) is 1. The second-order valence-electron chi connectivity index (χ2n) is 6.22. The first-order valence-electron chi connectivity index (χ1n) is 8.58. The van der Waals surface area contributed by atoms with E-state index in [4.69, 9.17) is 14.2 Å². The fraction of sp³-hybridized carbons (Fsp3) is 0.474. The van der Waals surface area contributed by atoms with Crippen molar-refractivity contribution in [3.05, 3.63) is 29.5 Å². The van der Waals surface area contributed by atoms with Crippen LogP contribution in [0.5, 0.6) is 11.5 Å². The van der Waals surface area contributed by atoms with Gasteiger partial charge in [-0.15, -0.1) is 0 Å². The molecule has 7 heteroatoms. The van der Waals surface area contributed by atoms with Gasteiger partial charge in [0.15, 0.2) is 17.3 Å². The summed E-state index contributed by atoms with van der Waals surface area (Å²) in [4.78, 5) is 27.1. The van der Waals surface area contributed by atoms with Crippen LogP contribution in [0.1, 0.15) is 38.1 Å². The van der Waals surface area contributed by atoms with Gasteiger partial charge in [0.05, 0.1) is 38.1 Å². The number of ether oxygens (including phenoxy) is 3. The van der Waals surface area contributed by atoms with Crippen molar-refractivity contribution in [2.24, 2.45) is 0 Å².